The van der Waals surface area contributed by atoms with E-state index in [0.717, 1.165) is 12.1 Å². The molecular formula is C14H23N3O2. The molecule has 1 amide bonds. The Kier molecular flexibility index (Phi) is 5.99. The van der Waals surface area contributed by atoms with E-state index in [1.807, 2.05) is 26.8 Å². The molecule has 0 heterocycles. The highest BCUT2D eigenvalue weighted by Crippen LogP contribution is 2.23. The second-order valence-corrected chi connectivity index (χ2v) is 4.66. The van der Waals surface area contributed by atoms with Crippen LogP contribution < -0.4 is 21.1 Å². The van der Waals surface area contributed by atoms with Crippen molar-refractivity contribution in [3.8, 4) is 5.75 Å². The van der Waals surface area contributed by atoms with Gasteiger partial charge in [0.25, 0.3) is 0 Å². The first kappa shape index (κ1) is 15.1. The van der Waals surface area contributed by atoms with Gasteiger partial charge in [0.2, 0.25) is 5.91 Å². The highest BCUT2D eigenvalue weighted by molar-refractivity contribution is 5.81. The van der Waals surface area contributed by atoms with Crippen molar-refractivity contribution < 1.29 is 9.53 Å². The van der Waals surface area contributed by atoms with E-state index in [1.54, 1.807) is 12.1 Å². The quantitative estimate of drug-likeness (QED) is 0.659. The van der Waals surface area contributed by atoms with Crippen LogP contribution in [0.4, 0.5) is 11.4 Å². The van der Waals surface area contributed by atoms with Crippen molar-refractivity contribution in [1.82, 2.24) is 5.32 Å². The summed E-state index contributed by atoms with van der Waals surface area (Å²) in [5.74, 6) is 0.669. The van der Waals surface area contributed by atoms with E-state index in [0.29, 0.717) is 18.0 Å². The predicted molar refractivity (Wildman–Crippen MR) is 78.4 cm³/mol. The summed E-state index contributed by atoms with van der Waals surface area (Å²) in [6.45, 7) is 6.84. The molecule has 0 aliphatic carbocycles. The molecule has 1 aromatic carbocycles. The van der Waals surface area contributed by atoms with E-state index in [1.165, 1.54) is 0 Å². The first-order valence-corrected chi connectivity index (χ1v) is 6.59. The largest absolute Gasteiger partial charge is 0.491 e. The molecule has 1 rings (SSSR count). The Balaban J connectivity index is 2.57. The maximum atomic E-state index is 11.5. The van der Waals surface area contributed by atoms with Gasteiger partial charge in [-0.1, -0.05) is 6.92 Å². The number of carbonyl (C=O) groups excluding carboxylic acids is 1. The molecule has 5 heteroatoms. The van der Waals surface area contributed by atoms with Gasteiger partial charge in [0.15, 0.2) is 0 Å². The molecule has 0 radical (unpaired) electrons. The third kappa shape index (κ3) is 5.99. The smallest absolute Gasteiger partial charge is 0.239 e. The second-order valence-electron chi connectivity index (χ2n) is 4.66. The molecule has 4 N–H and O–H groups in total. The molecule has 0 bridgehead atoms. The monoisotopic (exact) mass is 265 g/mol. The van der Waals surface area contributed by atoms with Crippen LogP contribution in [0.15, 0.2) is 18.2 Å². The van der Waals surface area contributed by atoms with Crippen LogP contribution in [0.3, 0.4) is 0 Å². The molecular weight excluding hydrogens is 242 g/mol. The summed E-state index contributed by atoms with van der Waals surface area (Å²) in [7, 11) is 0. The van der Waals surface area contributed by atoms with E-state index in [2.05, 4.69) is 10.6 Å². The van der Waals surface area contributed by atoms with Gasteiger partial charge in [-0.2, -0.15) is 0 Å². The Morgan fingerprint density at radius 2 is 2.11 bits per heavy atom. The van der Waals surface area contributed by atoms with Crippen LogP contribution in [0.25, 0.3) is 0 Å². The van der Waals surface area contributed by atoms with Crippen LogP contribution >= 0.6 is 0 Å². The zero-order valence-corrected chi connectivity index (χ0v) is 11.8. The Hall–Kier alpha value is -1.91. The van der Waals surface area contributed by atoms with Crippen molar-refractivity contribution in [3.05, 3.63) is 18.2 Å². The number of amides is 1. The average Bonchev–Trinajstić information content (AvgIpc) is 2.32. The average molecular weight is 265 g/mol. The number of nitrogens with two attached hydrogens (primary N) is 1. The van der Waals surface area contributed by atoms with Crippen LogP contribution in [0.2, 0.25) is 0 Å². The minimum absolute atomic E-state index is 0.0318. The summed E-state index contributed by atoms with van der Waals surface area (Å²) in [6, 6.07) is 5.38. The van der Waals surface area contributed by atoms with Gasteiger partial charge in [0.1, 0.15) is 5.75 Å². The van der Waals surface area contributed by atoms with Gasteiger partial charge >= 0.3 is 0 Å². The lowest BCUT2D eigenvalue weighted by molar-refractivity contribution is -0.119. The molecule has 0 atom stereocenters. The highest BCUT2D eigenvalue weighted by atomic mass is 16.5. The molecule has 19 heavy (non-hydrogen) atoms. The summed E-state index contributed by atoms with van der Waals surface area (Å²) in [6.07, 6.45) is 1.01. The van der Waals surface area contributed by atoms with E-state index >= 15 is 0 Å². The zero-order valence-electron chi connectivity index (χ0n) is 11.8. The van der Waals surface area contributed by atoms with E-state index in [-0.39, 0.29) is 18.6 Å². The molecule has 0 aliphatic heterocycles. The van der Waals surface area contributed by atoms with Crippen molar-refractivity contribution in [1.29, 1.82) is 0 Å². The Labute approximate surface area is 114 Å². The number of nitrogens with one attached hydrogen (secondary N) is 2. The number of nitrogen functional groups attached to an aromatic ring is 1. The fourth-order valence-corrected chi connectivity index (χ4v) is 1.57. The number of anilines is 2. The first-order chi connectivity index (χ1) is 9.01. The maximum absolute atomic E-state index is 11.5. The van der Waals surface area contributed by atoms with E-state index < -0.39 is 0 Å². The van der Waals surface area contributed by atoms with E-state index in [4.69, 9.17) is 10.5 Å². The molecule has 0 saturated carbocycles. The van der Waals surface area contributed by atoms with Crippen molar-refractivity contribution in [2.45, 2.75) is 33.3 Å². The highest BCUT2D eigenvalue weighted by Gasteiger charge is 2.04. The fraction of sp³-hybridized carbons (Fsp3) is 0.500. The Bertz CT molecular complexity index is 419. The SMILES string of the molecule is CCCNC(=O)CNc1cc(N)cc(OC(C)C)c1. The summed E-state index contributed by atoms with van der Waals surface area (Å²) < 4.78 is 5.59. The molecule has 0 aromatic heterocycles. The zero-order chi connectivity index (χ0) is 14.3. The third-order valence-electron chi connectivity index (χ3n) is 2.33. The molecule has 0 fully saturated rings. The number of carbonyl (C=O) groups is 1. The van der Waals surface area contributed by atoms with Gasteiger partial charge in [0, 0.05) is 30.1 Å². The van der Waals surface area contributed by atoms with Gasteiger partial charge in [-0.05, 0) is 26.3 Å². The number of ether oxygens (including phenoxy) is 1. The van der Waals surface area contributed by atoms with Crippen molar-refractivity contribution in [3.63, 3.8) is 0 Å². The maximum Gasteiger partial charge on any atom is 0.239 e. The Morgan fingerprint density at radius 1 is 1.37 bits per heavy atom. The summed E-state index contributed by atoms with van der Waals surface area (Å²) in [5, 5.41) is 5.84. The normalized spacial score (nSPS) is 10.3. The molecule has 0 aliphatic rings. The second kappa shape index (κ2) is 7.51. The van der Waals surface area contributed by atoms with Gasteiger partial charge in [-0.3, -0.25) is 4.79 Å². The van der Waals surface area contributed by atoms with Crippen LogP contribution in [-0.4, -0.2) is 25.1 Å². The number of hydrogen-bond acceptors (Lipinski definition) is 4. The topological polar surface area (TPSA) is 76.4 Å². The summed E-state index contributed by atoms with van der Waals surface area (Å²) >= 11 is 0. The third-order valence-corrected chi connectivity index (χ3v) is 2.33. The summed E-state index contributed by atoms with van der Waals surface area (Å²) in [5.41, 5.74) is 7.19. The molecule has 5 nitrogen and oxygen atoms in total. The number of hydrogen-bond donors (Lipinski definition) is 3. The van der Waals surface area contributed by atoms with Crippen molar-refractivity contribution in [2.24, 2.45) is 0 Å². The lowest BCUT2D eigenvalue weighted by atomic mass is 10.2. The van der Waals surface area contributed by atoms with Gasteiger partial charge in [0.05, 0.1) is 12.6 Å². The first-order valence-electron chi connectivity index (χ1n) is 6.59. The van der Waals surface area contributed by atoms with Gasteiger partial charge in [-0.15, -0.1) is 0 Å². The van der Waals surface area contributed by atoms with Crippen LogP contribution in [0.5, 0.6) is 5.75 Å². The van der Waals surface area contributed by atoms with Crippen molar-refractivity contribution in [2.75, 3.05) is 24.1 Å². The number of rotatable bonds is 7. The predicted octanol–water partition coefficient (Wildman–Crippen LogP) is 1.99. The van der Waals surface area contributed by atoms with Crippen molar-refractivity contribution >= 4 is 17.3 Å². The fourth-order valence-electron chi connectivity index (χ4n) is 1.57. The minimum atomic E-state index is -0.0318. The molecule has 0 saturated heterocycles. The summed E-state index contributed by atoms with van der Waals surface area (Å²) in [4.78, 5) is 11.5. The molecule has 106 valence electrons. The number of benzene rings is 1. The van der Waals surface area contributed by atoms with Crippen LogP contribution in [-0.2, 0) is 4.79 Å². The lowest BCUT2D eigenvalue weighted by Gasteiger charge is -2.13. The van der Waals surface area contributed by atoms with Crippen LogP contribution in [0.1, 0.15) is 27.2 Å². The Morgan fingerprint density at radius 3 is 2.74 bits per heavy atom. The molecule has 0 unspecified atom stereocenters. The van der Waals surface area contributed by atoms with Gasteiger partial charge < -0.3 is 21.1 Å². The molecule has 0 spiro atoms. The van der Waals surface area contributed by atoms with Gasteiger partial charge in [-0.25, -0.2) is 0 Å². The minimum Gasteiger partial charge on any atom is -0.491 e. The lowest BCUT2D eigenvalue weighted by Crippen LogP contribution is -2.30. The van der Waals surface area contributed by atoms with E-state index in [9.17, 15) is 4.79 Å². The molecule has 1 aromatic rings. The van der Waals surface area contributed by atoms with Crippen LogP contribution in [0, 0.1) is 0 Å². The standard InChI is InChI=1S/C14H23N3O2/c1-4-5-16-14(18)9-17-12-6-11(15)7-13(8-12)19-10(2)3/h6-8,10,17H,4-5,9,15H2,1-3H3,(H,16,18).